The van der Waals surface area contributed by atoms with E-state index in [9.17, 15) is 4.79 Å². The number of fused-ring (bicyclic) bond motifs is 1. The monoisotopic (exact) mass is 333 g/mol. The van der Waals surface area contributed by atoms with Gasteiger partial charge in [-0.3, -0.25) is 4.79 Å². The molecule has 1 aromatic carbocycles. The molecule has 0 radical (unpaired) electrons. The quantitative estimate of drug-likeness (QED) is 0.587. The molecule has 0 spiro atoms. The van der Waals surface area contributed by atoms with Crippen LogP contribution in [0.3, 0.4) is 0 Å². The normalized spacial score (nSPS) is 10.8. The third-order valence-electron chi connectivity index (χ3n) is 3.84. The third kappa shape index (κ3) is 2.81. The van der Waals surface area contributed by atoms with E-state index in [1.165, 1.54) is 11.3 Å². The van der Waals surface area contributed by atoms with Gasteiger partial charge in [0.15, 0.2) is 0 Å². The topological polar surface area (TPSA) is 57.8 Å². The van der Waals surface area contributed by atoms with Crippen LogP contribution in [0.15, 0.2) is 67.0 Å². The fourth-order valence-corrected chi connectivity index (χ4v) is 3.58. The second-order valence-corrected chi connectivity index (χ2v) is 6.52. The van der Waals surface area contributed by atoms with Gasteiger partial charge in [-0.2, -0.15) is 0 Å². The molecule has 0 aliphatic heterocycles. The summed E-state index contributed by atoms with van der Waals surface area (Å²) >= 11 is 1.49. The Morgan fingerprint density at radius 1 is 1.08 bits per heavy atom. The lowest BCUT2D eigenvalue weighted by Gasteiger charge is -2.03. The second-order valence-electron chi connectivity index (χ2n) is 5.43. The average Bonchev–Trinajstić information content (AvgIpc) is 3.27. The molecule has 0 atom stereocenters. The summed E-state index contributed by atoms with van der Waals surface area (Å²) in [5, 5.41) is 4.03. The minimum atomic E-state index is -0.0481. The number of H-pyrrole nitrogens is 1. The van der Waals surface area contributed by atoms with Crippen molar-refractivity contribution in [2.75, 3.05) is 0 Å². The highest BCUT2D eigenvalue weighted by Crippen LogP contribution is 2.33. The van der Waals surface area contributed by atoms with Crippen LogP contribution >= 0.6 is 11.3 Å². The standard InChI is InChI=1S/C19H15N3OS/c23-19(22-11-13-5-2-1-3-6-13)17-9-8-16(24-17)15-12-21-18-14(15)7-4-10-20-18/h1-10,12H,11H2,(H,20,21)(H,22,23). The molecule has 0 fully saturated rings. The fraction of sp³-hybridized carbons (Fsp3) is 0.0526. The van der Waals surface area contributed by atoms with Crippen molar-refractivity contribution in [3.8, 4) is 10.4 Å². The zero-order valence-corrected chi connectivity index (χ0v) is 13.6. The lowest BCUT2D eigenvalue weighted by atomic mass is 10.2. The largest absolute Gasteiger partial charge is 0.347 e. The molecule has 1 amide bonds. The molecule has 118 valence electrons. The van der Waals surface area contributed by atoms with Gasteiger partial charge in [-0.1, -0.05) is 30.3 Å². The van der Waals surface area contributed by atoms with Gasteiger partial charge in [-0.05, 0) is 29.8 Å². The predicted octanol–water partition coefficient (Wildman–Crippen LogP) is 4.22. The Kier molecular flexibility index (Phi) is 3.84. The Morgan fingerprint density at radius 2 is 1.96 bits per heavy atom. The molecule has 4 nitrogen and oxygen atoms in total. The van der Waals surface area contributed by atoms with Crippen LogP contribution < -0.4 is 5.32 Å². The van der Waals surface area contributed by atoms with E-state index in [0.717, 1.165) is 27.0 Å². The highest BCUT2D eigenvalue weighted by atomic mass is 32.1. The van der Waals surface area contributed by atoms with Gasteiger partial charge < -0.3 is 10.3 Å². The van der Waals surface area contributed by atoms with E-state index in [1.54, 1.807) is 6.20 Å². The number of hydrogen-bond acceptors (Lipinski definition) is 3. The maximum atomic E-state index is 12.3. The van der Waals surface area contributed by atoms with Crippen molar-refractivity contribution in [2.24, 2.45) is 0 Å². The van der Waals surface area contributed by atoms with Crippen LogP contribution in [0.2, 0.25) is 0 Å². The van der Waals surface area contributed by atoms with E-state index < -0.39 is 0 Å². The number of hydrogen-bond donors (Lipinski definition) is 2. The van der Waals surface area contributed by atoms with Gasteiger partial charge in [0.1, 0.15) is 5.65 Å². The smallest absolute Gasteiger partial charge is 0.261 e. The van der Waals surface area contributed by atoms with Gasteiger partial charge in [-0.15, -0.1) is 11.3 Å². The Hall–Kier alpha value is -2.92. The third-order valence-corrected chi connectivity index (χ3v) is 4.96. The molecule has 24 heavy (non-hydrogen) atoms. The lowest BCUT2D eigenvalue weighted by Crippen LogP contribution is -2.21. The number of carbonyl (C=O) groups excluding carboxylic acids is 1. The van der Waals surface area contributed by atoms with Crippen molar-refractivity contribution in [3.63, 3.8) is 0 Å². The summed E-state index contributed by atoms with van der Waals surface area (Å²) in [6, 6.07) is 17.7. The molecular formula is C19H15N3OS. The molecule has 0 aliphatic carbocycles. The van der Waals surface area contributed by atoms with Gasteiger partial charge in [-0.25, -0.2) is 4.98 Å². The van der Waals surface area contributed by atoms with Crippen molar-refractivity contribution in [2.45, 2.75) is 6.54 Å². The molecule has 0 aliphatic rings. The fourth-order valence-electron chi connectivity index (χ4n) is 2.63. The van der Waals surface area contributed by atoms with Crippen LogP contribution in [-0.2, 0) is 6.54 Å². The number of nitrogens with zero attached hydrogens (tertiary/aromatic N) is 1. The van der Waals surface area contributed by atoms with Crippen molar-refractivity contribution in [1.82, 2.24) is 15.3 Å². The summed E-state index contributed by atoms with van der Waals surface area (Å²) < 4.78 is 0. The number of benzene rings is 1. The number of amides is 1. The molecule has 0 bridgehead atoms. The summed E-state index contributed by atoms with van der Waals surface area (Å²) in [7, 11) is 0. The van der Waals surface area contributed by atoms with Crippen molar-refractivity contribution in [3.05, 3.63) is 77.4 Å². The highest BCUT2D eigenvalue weighted by molar-refractivity contribution is 7.17. The number of thiophene rings is 1. The number of aromatic nitrogens is 2. The maximum absolute atomic E-state index is 12.3. The van der Waals surface area contributed by atoms with Crippen LogP contribution in [0, 0.1) is 0 Å². The molecule has 2 N–H and O–H groups in total. The lowest BCUT2D eigenvalue weighted by molar-refractivity contribution is 0.0955. The summed E-state index contributed by atoms with van der Waals surface area (Å²) in [4.78, 5) is 21.6. The molecule has 3 aromatic heterocycles. The Bertz CT molecular complexity index is 988. The first kappa shape index (κ1) is 14.7. The number of rotatable bonds is 4. The summed E-state index contributed by atoms with van der Waals surface area (Å²) in [5.41, 5.74) is 3.02. The molecular weight excluding hydrogens is 318 g/mol. The molecule has 0 unspecified atom stereocenters. The minimum absolute atomic E-state index is 0.0481. The van der Waals surface area contributed by atoms with E-state index in [-0.39, 0.29) is 5.91 Å². The SMILES string of the molecule is O=C(NCc1ccccc1)c1ccc(-c2c[nH]c3ncccc23)s1. The number of nitrogens with one attached hydrogen (secondary N) is 2. The van der Waals surface area contributed by atoms with Gasteiger partial charge in [0.05, 0.1) is 4.88 Å². The Morgan fingerprint density at radius 3 is 2.83 bits per heavy atom. The number of aromatic amines is 1. The molecule has 5 heteroatoms. The Balaban J connectivity index is 1.53. The van der Waals surface area contributed by atoms with Gasteiger partial charge in [0.25, 0.3) is 5.91 Å². The van der Waals surface area contributed by atoms with Gasteiger partial charge in [0.2, 0.25) is 0 Å². The highest BCUT2D eigenvalue weighted by Gasteiger charge is 2.13. The molecule has 3 heterocycles. The molecule has 0 saturated carbocycles. The van der Waals surface area contributed by atoms with Crippen molar-refractivity contribution < 1.29 is 4.79 Å². The number of carbonyl (C=O) groups is 1. The average molecular weight is 333 g/mol. The van der Waals surface area contributed by atoms with E-state index in [2.05, 4.69) is 15.3 Å². The summed E-state index contributed by atoms with van der Waals surface area (Å²) in [6.45, 7) is 0.532. The zero-order chi connectivity index (χ0) is 16.4. The van der Waals surface area contributed by atoms with Crippen LogP contribution in [0.1, 0.15) is 15.2 Å². The molecule has 4 aromatic rings. The van der Waals surface area contributed by atoms with Crippen LogP contribution in [-0.4, -0.2) is 15.9 Å². The first-order valence-corrected chi connectivity index (χ1v) is 8.47. The van der Waals surface area contributed by atoms with E-state index >= 15 is 0 Å². The van der Waals surface area contributed by atoms with Crippen molar-refractivity contribution in [1.29, 1.82) is 0 Å². The van der Waals surface area contributed by atoms with Crippen LogP contribution in [0.4, 0.5) is 0 Å². The van der Waals surface area contributed by atoms with Gasteiger partial charge in [0, 0.05) is 34.8 Å². The van der Waals surface area contributed by atoms with Crippen LogP contribution in [0.5, 0.6) is 0 Å². The maximum Gasteiger partial charge on any atom is 0.261 e. The summed E-state index contributed by atoms with van der Waals surface area (Å²) in [5.74, 6) is -0.0481. The van der Waals surface area contributed by atoms with Crippen molar-refractivity contribution >= 4 is 28.3 Å². The summed E-state index contributed by atoms with van der Waals surface area (Å²) in [6.07, 6.45) is 3.70. The van der Waals surface area contributed by atoms with E-state index in [4.69, 9.17) is 0 Å². The molecule has 0 saturated heterocycles. The van der Waals surface area contributed by atoms with Gasteiger partial charge >= 0.3 is 0 Å². The first-order chi connectivity index (χ1) is 11.8. The Labute approximate surface area is 143 Å². The predicted molar refractivity (Wildman–Crippen MR) is 97.0 cm³/mol. The van der Waals surface area contributed by atoms with Crippen LogP contribution in [0.25, 0.3) is 21.5 Å². The number of pyridine rings is 1. The van der Waals surface area contributed by atoms with E-state index in [0.29, 0.717) is 11.4 Å². The zero-order valence-electron chi connectivity index (χ0n) is 12.8. The van der Waals surface area contributed by atoms with E-state index in [1.807, 2.05) is 60.8 Å². The first-order valence-electron chi connectivity index (χ1n) is 7.66. The second kappa shape index (κ2) is 6.29. The molecule has 4 rings (SSSR count). The minimum Gasteiger partial charge on any atom is -0.347 e.